The number of rotatable bonds is 7. The number of aromatic nitrogens is 6. The van der Waals surface area contributed by atoms with Crippen LogP contribution in [0.1, 0.15) is 85.4 Å². The number of fused-ring (bicyclic) bond motifs is 1. The van der Waals surface area contributed by atoms with Crippen molar-refractivity contribution in [1.29, 1.82) is 0 Å². The van der Waals surface area contributed by atoms with E-state index in [1.807, 2.05) is 0 Å². The quantitative estimate of drug-likeness (QED) is 0.440. The highest BCUT2D eigenvalue weighted by molar-refractivity contribution is 5.88. The molecule has 3 heterocycles. The molecular formula is C28H41N7O2. The Morgan fingerprint density at radius 3 is 2.41 bits per heavy atom. The Labute approximate surface area is 218 Å². The molecule has 3 aromatic rings. The van der Waals surface area contributed by atoms with Gasteiger partial charge in [-0.05, 0) is 61.3 Å². The van der Waals surface area contributed by atoms with E-state index in [-0.39, 0.29) is 11.5 Å². The number of imidazole rings is 1. The lowest BCUT2D eigenvalue weighted by molar-refractivity contribution is 0.265. The standard InChI is InChI=1S/C28H41N7O2/c1-16-11-13-19(14-12-16)15-35-21-22(29-18(3)20-9-8-10-20)30-24(26-33-37-27(36)34(26)7)31-23(21)32-25(35)17(2)28(4,5)6/h16,18-20H,2,8-15H2,1,3-7H3,(H,29,30,31)/t16?,18-,19?/m1/s1. The molecule has 9 nitrogen and oxygen atoms in total. The maximum absolute atomic E-state index is 12.0. The summed E-state index contributed by atoms with van der Waals surface area (Å²) in [6.07, 6.45) is 8.66. The Bertz CT molecular complexity index is 1350. The summed E-state index contributed by atoms with van der Waals surface area (Å²) in [6, 6.07) is 0.258. The monoisotopic (exact) mass is 507 g/mol. The fourth-order valence-electron chi connectivity index (χ4n) is 5.51. The molecule has 9 heteroatoms. The molecule has 0 radical (unpaired) electrons. The first-order valence-corrected chi connectivity index (χ1v) is 13.8. The molecule has 1 atom stereocenters. The molecule has 2 aliphatic rings. The highest BCUT2D eigenvalue weighted by atomic mass is 16.5. The molecule has 0 bridgehead atoms. The molecule has 0 amide bonds. The Kier molecular flexibility index (Phi) is 6.75. The summed E-state index contributed by atoms with van der Waals surface area (Å²) < 4.78 is 8.53. The lowest BCUT2D eigenvalue weighted by Gasteiger charge is -2.32. The van der Waals surface area contributed by atoms with Gasteiger partial charge in [-0.15, -0.1) is 0 Å². The highest BCUT2D eigenvalue weighted by Gasteiger charge is 2.30. The van der Waals surface area contributed by atoms with Crippen molar-refractivity contribution in [1.82, 2.24) is 29.2 Å². The fourth-order valence-corrected chi connectivity index (χ4v) is 5.51. The van der Waals surface area contributed by atoms with Crippen LogP contribution < -0.4 is 11.1 Å². The normalized spacial score (nSPS) is 21.7. The average molecular weight is 508 g/mol. The van der Waals surface area contributed by atoms with Gasteiger partial charge in [0.25, 0.3) is 0 Å². The lowest BCUT2D eigenvalue weighted by atomic mass is 9.80. The predicted molar refractivity (Wildman–Crippen MR) is 146 cm³/mol. The van der Waals surface area contributed by atoms with Crippen LogP contribution in [0.25, 0.3) is 28.4 Å². The topological polar surface area (TPSA) is 104 Å². The second-order valence-electron chi connectivity index (χ2n) is 12.4. The van der Waals surface area contributed by atoms with Crippen LogP contribution >= 0.6 is 0 Å². The van der Waals surface area contributed by atoms with Crippen LogP contribution in [0.5, 0.6) is 0 Å². The van der Waals surface area contributed by atoms with Gasteiger partial charge < -0.3 is 9.88 Å². The minimum absolute atomic E-state index is 0.153. The van der Waals surface area contributed by atoms with Gasteiger partial charge in [0, 0.05) is 19.6 Å². The van der Waals surface area contributed by atoms with Crippen LogP contribution in [0.15, 0.2) is 15.9 Å². The molecule has 0 aliphatic heterocycles. The van der Waals surface area contributed by atoms with Crippen LogP contribution in [0, 0.1) is 23.2 Å². The first-order valence-electron chi connectivity index (χ1n) is 13.8. The average Bonchev–Trinajstić information content (AvgIpc) is 3.32. The van der Waals surface area contributed by atoms with Gasteiger partial charge in [0.2, 0.25) is 11.6 Å². The number of hydrogen-bond donors (Lipinski definition) is 1. The number of anilines is 1. The zero-order valence-electron chi connectivity index (χ0n) is 23.2. The van der Waals surface area contributed by atoms with Crippen molar-refractivity contribution in [2.45, 2.75) is 92.2 Å². The van der Waals surface area contributed by atoms with Gasteiger partial charge in [-0.25, -0.2) is 19.7 Å². The molecule has 5 rings (SSSR count). The van der Waals surface area contributed by atoms with Gasteiger partial charge in [-0.3, -0.25) is 9.09 Å². The molecule has 37 heavy (non-hydrogen) atoms. The lowest BCUT2D eigenvalue weighted by Crippen LogP contribution is -2.31. The van der Waals surface area contributed by atoms with E-state index in [0.29, 0.717) is 29.1 Å². The molecule has 2 fully saturated rings. The minimum Gasteiger partial charge on any atom is -0.365 e. The van der Waals surface area contributed by atoms with Crippen molar-refractivity contribution in [3.8, 4) is 11.6 Å². The Balaban J connectivity index is 1.68. The van der Waals surface area contributed by atoms with E-state index >= 15 is 0 Å². The summed E-state index contributed by atoms with van der Waals surface area (Å²) in [5, 5.41) is 7.66. The van der Waals surface area contributed by atoms with Crippen LogP contribution in [-0.4, -0.2) is 35.3 Å². The maximum atomic E-state index is 12.0. The Morgan fingerprint density at radius 2 is 1.84 bits per heavy atom. The van der Waals surface area contributed by atoms with Gasteiger partial charge >= 0.3 is 5.76 Å². The summed E-state index contributed by atoms with van der Waals surface area (Å²) in [6.45, 7) is 16.4. The second kappa shape index (κ2) is 9.72. The fraction of sp³-hybridized carbons (Fsp3) is 0.679. The van der Waals surface area contributed by atoms with Crippen molar-refractivity contribution in [3.63, 3.8) is 0 Å². The molecule has 3 aromatic heterocycles. The molecule has 1 N–H and O–H groups in total. The SMILES string of the molecule is C=C(c1nc2nc(-c3noc(=O)n3C)nc(N[C@H](C)C3CCC3)c2n1CC1CCC(C)CC1)C(C)(C)C. The maximum Gasteiger partial charge on any atom is 0.441 e. The molecule has 0 unspecified atom stereocenters. The number of nitrogens with zero attached hydrogens (tertiary/aromatic N) is 6. The third-order valence-corrected chi connectivity index (χ3v) is 8.58. The van der Waals surface area contributed by atoms with Gasteiger partial charge in [0.05, 0.1) is 0 Å². The number of hydrogen-bond acceptors (Lipinski definition) is 7. The summed E-state index contributed by atoms with van der Waals surface area (Å²) in [5.74, 6) is 3.65. The van der Waals surface area contributed by atoms with Crippen LogP contribution in [0.3, 0.4) is 0 Å². The summed E-state index contributed by atoms with van der Waals surface area (Å²) >= 11 is 0. The van der Waals surface area contributed by atoms with E-state index in [4.69, 9.17) is 19.5 Å². The van der Waals surface area contributed by atoms with Crippen molar-refractivity contribution in [2.24, 2.45) is 30.2 Å². The van der Waals surface area contributed by atoms with E-state index < -0.39 is 5.76 Å². The second-order valence-corrected chi connectivity index (χ2v) is 12.4. The van der Waals surface area contributed by atoms with E-state index in [9.17, 15) is 4.79 Å². The van der Waals surface area contributed by atoms with Crippen LogP contribution in [-0.2, 0) is 13.6 Å². The van der Waals surface area contributed by atoms with E-state index in [2.05, 4.69) is 56.2 Å². The van der Waals surface area contributed by atoms with Crippen LogP contribution in [0.2, 0.25) is 0 Å². The first kappa shape index (κ1) is 25.7. The molecule has 0 aromatic carbocycles. The number of nitrogens with one attached hydrogen (secondary N) is 1. The summed E-state index contributed by atoms with van der Waals surface area (Å²) in [7, 11) is 1.61. The Morgan fingerprint density at radius 1 is 1.14 bits per heavy atom. The molecule has 2 aliphatic carbocycles. The minimum atomic E-state index is -0.546. The summed E-state index contributed by atoms with van der Waals surface area (Å²) in [4.78, 5) is 26.8. The van der Waals surface area contributed by atoms with E-state index in [1.165, 1.54) is 49.5 Å². The van der Waals surface area contributed by atoms with Gasteiger partial charge in [0.1, 0.15) is 11.3 Å². The van der Waals surface area contributed by atoms with Crippen molar-refractivity contribution in [3.05, 3.63) is 23.0 Å². The van der Waals surface area contributed by atoms with Crippen molar-refractivity contribution >= 4 is 22.6 Å². The first-order chi connectivity index (χ1) is 17.5. The van der Waals surface area contributed by atoms with Crippen LogP contribution in [0.4, 0.5) is 5.82 Å². The number of allylic oxidation sites excluding steroid dienone is 1. The van der Waals surface area contributed by atoms with Crippen molar-refractivity contribution in [2.75, 3.05) is 5.32 Å². The van der Waals surface area contributed by atoms with Gasteiger partial charge in [-0.2, -0.15) is 0 Å². The molecule has 0 spiro atoms. The van der Waals surface area contributed by atoms with Crippen molar-refractivity contribution < 1.29 is 4.52 Å². The van der Waals surface area contributed by atoms with E-state index in [1.54, 1.807) is 7.05 Å². The molecule has 2 saturated carbocycles. The predicted octanol–water partition coefficient (Wildman–Crippen LogP) is 5.67. The largest absolute Gasteiger partial charge is 0.441 e. The summed E-state index contributed by atoms with van der Waals surface area (Å²) in [5.41, 5.74) is 2.32. The molecule has 0 saturated heterocycles. The smallest absolute Gasteiger partial charge is 0.365 e. The molecular weight excluding hydrogens is 466 g/mol. The third-order valence-electron chi connectivity index (χ3n) is 8.58. The molecule has 200 valence electrons. The zero-order chi connectivity index (χ0) is 26.5. The van der Waals surface area contributed by atoms with Gasteiger partial charge in [-0.1, -0.05) is 58.7 Å². The highest BCUT2D eigenvalue weighted by Crippen LogP contribution is 2.38. The van der Waals surface area contributed by atoms with E-state index in [0.717, 1.165) is 35.2 Å². The Hall–Kier alpha value is -2.97. The third kappa shape index (κ3) is 4.97. The zero-order valence-corrected chi connectivity index (χ0v) is 23.2. The van der Waals surface area contributed by atoms with Gasteiger partial charge in [0.15, 0.2) is 11.5 Å².